The zero-order valence-corrected chi connectivity index (χ0v) is 57.7. The van der Waals surface area contributed by atoms with Crippen LogP contribution in [-0.2, 0) is 0 Å². The summed E-state index contributed by atoms with van der Waals surface area (Å²) in [4.78, 5) is 4.85. The number of anilines is 6. The zero-order valence-electron chi connectivity index (χ0n) is 57.7. The van der Waals surface area contributed by atoms with E-state index in [2.05, 4.69) is 398 Å². The Morgan fingerprint density at radius 2 is 0.472 bits per heavy atom. The lowest BCUT2D eigenvalue weighted by molar-refractivity contribution is 0.672. The topological polar surface area (TPSA) is 32.8 Å². The van der Waals surface area contributed by atoms with Gasteiger partial charge in [-0.3, -0.25) is 0 Å². The molecule has 0 radical (unpaired) electrons. The lowest BCUT2D eigenvalue weighted by atomic mass is 9.93. The van der Waals surface area contributed by atoms with Gasteiger partial charge in [-0.1, -0.05) is 291 Å². The molecule has 0 amide bonds. The van der Waals surface area contributed by atoms with Crippen LogP contribution in [0.2, 0.25) is 0 Å². The summed E-state index contributed by atoms with van der Waals surface area (Å²) in [5, 5.41) is 18.5. The molecule has 0 aliphatic rings. The molecule has 2 heterocycles. The van der Waals surface area contributed by atoms with E-state index >= 15 is 0 Å². The van der Waals surface area contributed by atoms with Crippen molar-refractivity contribution < 1.29 is 8.83 Å². The van der Waals surface area contributed by atoms with Gasteiger partial charge in [0.15, 0.2) is 0 Å². The monoisotopic (exact) mass is 1350 g/mol. The summed E-state index contributed by atoms with van der Waals surface area (Å²) in [6.07, 6.45) is 0. The molecule has 0 aliphatic carbocycles. The van der Waals surface area contributed by atoms with E-state index < -0.39 is 0 Å². The van der Waals surface area contributed by atoms with Gasteiger partial charge < -0.3 is 18.6 Å². The van der Waals surface area contributed by atoms with Gasteiger partial charge in [0, 0.05) is 65.9 Å². The highest BCUT2D eigenvalue weighted by molar-refractivity contribution is 6.22. The second-order valence-corrected chi connectivity index (χ2v) is 27.7. The summed E-state index contributed by atoms with van der Waals surface area (Å²) in [6.45, 7) is 0. The Bertz CT molecular complexity index is 7070. The first kappa shape index (κ1) is 60.7. The minimum Gasteiger partial charge on any atom is -0.455 e. The van der Waals surface area contributed by atoms with Gasteiger partial charge in [-0.05, 0) is 201 Å². The molecular weight excluding hydrogens is 1290 g/mol. The molecule has 0 saturated carbocycles. The Kier molecular flexibility index (Phi) is 14.2. The molecule has 0 saturated heterocycles. The summed E-state index contributed by atoms with van der Waals surface area (Å²) in [5.74, 6) is 0. The van der Waals surface area contributed by atoms with E-state index in [0.717, 1.165) is 138 Å². The summed E-state index contributed by atoms with van der Waals surface area (Å²) in [7, 11) is 0. The standard InChI is InChI=1S/C102H64N2O2/c1-5-27-79-65(19-1)23-13-33-81(79)69-43-53-76(54-44-69)103(95-38-11-9-31-88(95)90-36-17-41-97-99(90)92-61-49-68-22-4-8-30-86(68)101(92)105-97)77-55-45-71(46-56-77)83-35-15-26-74-63-72(50-59-84(74)83)73-51-60-87-75(64-73)52-62-93-100-91(37-18-42-98(100)106-102(87)93)89-32-10-12-39-96(89)104(94-40-16-25-67-21-3-7-29-85(67)94)78-57-47-70(48-58-78)82-34-14-24-66-20-2-6-28-80(66)82/h1-64H. The number of fused-ring (bicyclic) bond motifs is 14. The third-order valence-electron chi connectivity index (χ3n) is 21.8. The third kappa shape index (κ3) is 10.1. The minimum absolute atomic E-state index is 0.850. The molecule has 4 nitrogen and oxygen atoms in total. The highest BCUT2D eigenvalue weighted by Crippen LogP contribution is 2.50. The molecule has 0 unspecified atom stereocenters. The molecule has 4 heteroatoms. The average molecular weight is 1350 g/mol. The molecule has 106 heavy (non-hydrogen) atoms. The van der Waals surface area contributed by atoms with Crippen LogP contribution in [-0.4, -0.2) is 0 Å². The summed E-state index contributed by atoms with van der Waals surface area (Å²) >= 11 is 0. The molecule has 21 aromatic rings. The van der Waals surface area contributed by atoms with Crippen LogP contribution in [0.3, 0.4) is 0 Å². The third-order valence-corrected chi connectivity index (χ3v) is 21.8. The number of furan rings is 2. The van der Waals surface area contributed by atoms with E-state index in [0.29, 0.717) is 0 Å². The van der Waals surface area contributed by atoms with E-state index in [9.17, 15) is 0 Å². The van der Waals surface area contributed by atoms with Gasteiger partial charge in [0.1, 0.15) is 22.3 Å². The number of hydrogen-bond acceptors (Lipinski definition) is 4. The van der Waals surface area contributed by atoms with Crippen LogP contribution in [0.25, 0.3) is 175 Å². The van der Waals surface area contributed by atoms with Crippen molar-refractivity contribution in [3.05, 3.63) is 388 Å². The number of rotatable bonds is 12. The number of nitrogens with zero attached hydrogens (tertiary/aromatic N) is 2. The maximum atomic E-state index is 7.03. The zero-order chi connectivity index (χ0) is 69.8. The number of benzene rings is 19. The molecule has 2 aromatic heterocycles. The van der Waals surface area contributed by atoms with Crippen molar-refractivity contribution in [1.82, 2.24) is 0 Å². The second kappa shape index (κ2) is 24.9. The van der Waals surface area contributed by atoms with Gasteiger partial charge >= 0.3 is 0 Å². The van der Waals surface area contributed by atoms with E-state index in [1.807, 2.05) is 0 Å². The molecule has 0 N–H and O–H groups in total. The SMILES string of the molecule is c1ccc(N(c2ccc(-c3cccc4ccccc34)cc2)c2ccc(-c3cccc4cc(-c5ccc6c(ccc7c6oc6cccc(-c8ccccc8N(c8ccc(-c9cccc%10ccccc9%10)cc8)c8cccc9ccccc89)c67)c5)ccc34)cc2)c(-c2cccc3oc4c5ccccc5ccc4c23)c1. The summed E-state index contributed by atoms with van der Waals surface area (Å²) in [6, 6.07) is 141. The highest BCUT2D eigenvalue weighted by atomic mass is 16.3. The highest BCUT2D eigenvalue weighted by Gasteiger charge is 2.25. The number of hydrogen-bond donors (Lipinski definition) is 0. The first-order chi connectivity index (χ1) is 52.6. The Balaban J connectivity index is 0.622. The molecular formula is C102H64N2O2. The molecule has 19 aromatic carbocycles. The van der Waals surface area contributed by atoms with Gasteiger partial charge in [0.05, 0.1) is 17.1 Å². The Hall–Kier alpha value is -14.1. The smallest absolute Gasteiger partial charge is 0.143 e. The Labute approximate surface area is 612 Å². The van der Waals surface area contributed by atoms with Crippen molar-refractivity contribution in [1.29, 1.82) is 0 Å². The van der Waals surface area contributed by atoms with Crippen molar-refractivity contribution in [2.45, 2.75) is 0 Å². The fourth-order valence-corrected chi connectivity index (χ4v) is 16.9. The second-order valence-electron chi connectivity index (χ2n) is 27.7. The maximum absolute atomic E-state index is 7.03. The van der Waals surface area contributed by atoms with Crippen molar-refractivity contribution in [2.75, 3.05) is 9.80 Å². The largest absolute Gasteiger partial charge is 0.455 e. The van der Waals surface area contributed by atoms with Crippen LogP contribution in [0.5, 0.6) is 0 Å². The van der Waals surface area contributed by atoms with E-state index in [1.54, 1.807) is 0 Å². The van der Waals surface area contributed by atoms with Gasteiger partial charge in [0.2, 0.25) is 0 Å². The van der Waals surface area contributed by atoms with Gasteiger partial charge in [-0.2, -0.15) is 0 Å². The van der Waals surface area contributed by atoms with E-state index in [1.165, 1.54) is 70.9 Å². The van der Waals surface area contributed by atoms with Crippen molar-refractivity contribution in [3.8, 4) is 66.8 Å². The van der Waals surface area contributed by atoms with Crippen LogP contribution >= 0.6 is 0 Å². The van der Waals surface area contributed by atoms with Gasteiger partial charge in [-0.25, -0.2) is 0 Å². The predicted octanol–water partition coefficient (Wildman–Crippen LogP) is 29.3. The van der Waals surface area contributed by atoms with Crippen LogP contribution in [0, 0.1) is 0 Å². The quantitative estimate of drug-likeness (QED) is 0.122. The van der Waals surface area contributed by atoms with Crippen LogP contribution in [0.1, 0.15) is 0 Å². The van der Waals surface area contributed by atoms with Crippen LogP contribution in [0.4, 0.5) is 34.1 Å². The summed E-state index contributed by atoms with van der Waals surface area (Å²) < 4.78 is 13.8. The van der Waals surface area contributed by atoms with Gasteiger partial charge in [0.25, 0.3) is 0 Å². The molecule has 0 fully saturated rings. The van der Waals surface area contributed by atoms with Crippen LogP contribution in [0.15, 0.2) is 397 Å². The lowest BCUT2D eigenvalue weighted by Gasteiger charge is -2.29. The van der Waals surface area contributed by atoms with Crippen LogP contribution < -0.4 is 9.80 Å². The average Bonchev–Trinajstić information content (AvgIpc) is 1.55. The molecule has 0 spiro atoms. The van der Waals surface area contributed by atoms with Crippen molar-refractivity contribution in [2.24, 2.45) is 0 Å². The maximum Gasteiger partial charge on any atom is 0.143 e. The van der Waals surface area contributed by atoms with E-state index in [-0.39, 0.29) is 0 Å². The fourth-order valence-electron chi connectivity index (χ4n) is 16.9. The number of para-hydroxylation sites is 2. The molecule has 0 bridgehead atoms. The summed E-state index contributed by atoms with van der Waals surface area (Å²) in [5.41, 5.74) is 23.7. The van der Waals surface area contributed by atoms with Gasteiger partial charge in [-0.15, -0.1) is 0 Å². The van der Waals surface area contributed by atoms with Crippen molar-refractivity contribution >= 4 is 143 Å². The Morgan fingerprint density at radius 3 is 0.991 bits per heavy atom. The molecule has 0 atom stereocenters. The van der Waals surface area contributed by atoms with Crippen molar-refractivity contribution in [3.63, 3.8) is 0 Å². The minimum atomic E-state index is 0.850. The van der Waals surface area contributed by atoms with E-state index in [4.69, 9.17) is 8.83 Å². The first-order valence-corrected chi connectivity index (χ1v) is 36.3. The normalized spacial score (nSPS) is 11.8. The lowest BCUT2D eigenvalue weighted by Crippen LogP contribution is -2.11. The first-order valence-electron chi connectivity index (χ1n) is 36.3. The molecule has 494 valence electrons. The molecule has 21 rings (SSSR count). The Morgan fingerprint density at radius 1 is 0.170 bits per heavy atom. The molecule has 0 aliphatic heterocycles. The predicted molar refractivity (Wildman–Crippen MR) is 448 cm³/mol. The fraction of sp³-hybridized carbons (Fsp3) is 0.